The van der Waals surface area contributed by atoms with Crippen molar-refractivity contribution in [2.45, 2.75) is 13.3 Å². The van der Waals surface area contributed by atoms with E-state index in [2.05, 4.69) is 4.98 Å². The van der Waals surface area contributed by atoms with E-state index in [1.807, 2.05) is 0 Å². The molecule has 0 bridgehead atoms. The fraction of sp³-hybridized carbons (Fsp3) is 0.250. The van der Waals surface area contributed by atoms with Crippen LogP contribution < -0.4 is 5.73 Å². The highest BCUT2D eigenvalue weighted by Gasteiger charge is 2.17. The summed E-state index contributed by atoms with van der Waals surface area (Å²) in [7, 11) is 0. The third-order valence-corrected chi connectivity index (χ3v) is 1.55. The number of alkyl halides is 2. The van der Waals surface area contributed by atoms with Crippen LogP contribution in [0.4, 0.5) is 14.6 Å². The van der Waals surface area contributed by atoms with Gasteiger partial charge in [-0.15, -0.1) is 0 Å². The van der Waals surface area contributed by atoms with E-state index in [0.717, 1.165) is 0 Å². The summed E-state index contributed by atoms with van der Waals surface area (Å²) >= 11 is 0. The van der Waals surface area contributed by atoms with Gasteiger partial charge in [-0.3, -0.25) is 0 Å². The molecule has 0 aliphatic rings. The molecule has 0 radical (unpaired) electrons. The van der Waals surface area contributed by atoms with Crippen LogP contribution in [0.15, 0.2) is 6.07 Å². The van der Waals surface area contributed by atoms with Crippen molar-refractivity contribution >= 4 is 5.82 Å². The first-order valence-corrected chi connectivity index (χ1v) is 3.51. The molecule has 0 atom stereocenters. The number of nitrogens with zero attached hydrogens (tertiary/aromatic N) is 2. The smallest absolute Gasteiger partial charge is 0.268 e. The normalized spacial score (nSPS) is 10.1. The molecule has 2 N–H and O–H groups in total. The van der Waals surface area contributed by atoms with Gasteiger partial charge in [0, 0.05) is 5.69 Å². The number of aromatic nitrogens is 1. The standard InChI is InChI=1S/C8H7F2N3/c1-4-2-5(3-11)6(7(9)10)8(12)13-4/h2,7H,1H3,(H2,12,13). The molecule has 1 heterocycles. The van der Waals surface area contributed by atoms with Crippen molar-refractivity contribution in [2.75, 3.05) is 5.73 Å². The minimum atomic E-state index is -2.76. The van der Waals surface area contributed by atoms with E-state index in [0.29, 0.717) is 5.69 Å². The number of nitrogen functional groups attached to an aromatic ring is 1. The Labute approximate surface area is 73.8 Å². The zero-order valence-corrected chi connectivity index (χ0v) is 6.88. The quantitative estimate of drug-likeness (QED) is 0.721. The molecule has 0 aliphatic carbocycles. The van der Waals surface area contributed by atoms with Gasteiger partial charge in [-0.2, -0.15) is 5.26 Å². The second kappa shape index (κ2) is 3.35. The van der Waals surface area contributed by atoms with Crippen LogP contribution in [0.3, 0.4) is 0 Å². The second-order valence-corrected chi connectivity index (χ2v) is 2.52. The number of halogens is 2. The predicted octanol–water partition coefficient (Wildman–Crippen LogP) is 1.78. The Hall–Kier alpha value is -1.70. The average Bonchev–Trinajstić information content (AvgIpc) is 2.01. The lowest BCUT2D eigenvalue weighted by atomic mass is 10.1. The summed E-state index contributed by atoms with van der Waals surface area (Å²) in [6.07, 6.45) is -2.76. The first-order chi connectivity index (χ1) is 6.06. The highest BCUT2D eigenvalue weighted by molar-refractivity contribution is 5.51. The number of pyridine rings is 1. The van der Waals surface area contributed by atoms with Crippen molar-refractivity contribution < 1.29 is 8.78 Å². The fourth-order valence-corrected chi connectivity index (χ4v) is 1.03. The van der Waals surface area contributed by atoms with Crippen LogP contribution >= 0.6 is 0 Å². The maximum atomic E-state index is 12.3. The Morgan fingerprint density at radius 2 is 2.23 bits per heavy atom. The highest BCUT2D eigenvalue weighted by Crippen LogP contribution is 2.27. The summed E-state index contributed by atoms with van der Waals surface area (Å²) in [4.78, 5) is 3.65. The summed E-state index contributed by atoms with van der Waals surface area (Å²) in [6.45, 7) is 1.59. The van der Waals surface area contributed by atoms with Gasteiger partial charge < -0.3 is 5.73 Å². The zero-order valence-electron chi connectivity index (χ0n) is 6.88. The Kier molecular flexibility index (Phi) is 2.42. The number of hydrogen-bond acceptors (Lipinski definition) is 3. The monoisotopic (exact) mass is 183 g/mol. The summed E-state index contributed by atoms with van der Waals surface area (Å²) in [5.74, 6) is -0.272. The number of anilines is 1. The van der Waals surface area contributed by atoms with Crippen molar-refractivity contribution in [2.24, 2.45) is 0 Å². The summed E-state index contributed by atoms with van der Waals surface area (Å²) in [5.41, 5.74) is 5.12. The van der Waals surface area contributed by atoms with E-state index in [9.17, 15) is 8.78 Å². The molecular weight excluding hydrogens is 176 g/mol. The molecule has 0 saturated heterocycles. The summed E-state index contributed by atoms with van der Waals surface area (Å²) in [5, 5.41) is 8.55. The van der Waals surface area contributed by atoms with E-state index in [1.54, 1.807) is 13.0 Å². The van der Waals surface area contributed by atoms with Gasteiger partial charge in [0.1, 0.15) is 5.82 Å². The van der Waals surface area contributed by atoms with Crippen LogP contribution in [0.25, 0.3) is 0 Å². The SMILES string of the molecule is Cc1cc(C#N)c(C(F)F)c(N)n1. The minimum Gasteiger partial charge on any atom is -0.383 e. The maximum absolute atomic E-state index is 12.3. The largest absolute Gasteiger partial charge is 0.383 e. The number of rotatable bonds is 1. The lowest BCUT2D eigenvalue weighted by molar-refractivity contribution is 0.151. The van der Waals surface area contributed by atoms with Crippen molar-refractivity contribution in [1.82, 2.24) is 4.98 Å². The molecule has 0 saturated carbocycles. The molecular formula is C8H7F2N3. The molecule has 0 aromatic carbocycles. The van der Waals surface area contributed by atoms with E-state index < -0.39 is 12.0 Å². The Morgan fingerprint density at radius 3 is 2.69 bits per heavy atom. The topological polar surface area (TPSA) is 62.7 Å². The van der Waals surface area contributed by atoms with Gasteiger partial charge in [0.15, 0.2) is 0 Å². The third kappa shape index (κ3) is 1.72. The van der Waals surface area contributed by atoms with Crippen LogP contribution in [0, 0.1) is 18.3 Å². The molecule has 1 rings (SSSR count). The second-order valence-electron chi connectivity index (χ2n) is 2.52. The molecule has 0 spiro atoms. The van der Waals surface area contributed by atoms with E-state index in [4.69, 9.17) is 11.0 Å². The van der Waals surface area contributed by atoms with Gasteiger partial charge >= 0.3 is 0 Å². The predicted molar refractivity (Wildman–Crippen MR) is 43.1 cm³/mol. The molecule has 3 nitrogen and oxygen atoms in total. The van der Waals surface area contributed by atoms with E-state index in [-0.39, 0.29) is 11.4 Å². The van der Waals surface area contributed by atoms with E-state index in [1.165, 1.54) is 6.07 Å². The van der Waals surface area contributed by atoms with Gasteiger partial charge in [-0.05, 0) is 13.0 Å². The molecule has 5 heteroatoms. The highest BCUT2D eigenvalue weighted by atomic mass is 19.3. The van der Waals surface area contributed by atoms with Crippen LogP contribution in [-0.4, -0.2) is 4.98 Å². The summed E-state index contributed by atoms with van der Waals surface area (Å²) in [6, 6.07) is 2.95. The van der Waals surface area contributed by atoms with Gasteiger partial charge in [-0.1, -0.05) is 0 Å². The number of aryl methyl sites for hydroxylation is 1. The molecule has 68 valence electrons. The van der Waals surface area contributed by atoms with Crippen LogP contribution in [-0.2, 0) is 0 Å². The molecule has 0 unspecified atom stereocenters. The van der Waals surface area contributed by atoms with Crippen LogP contribution in [0.2, 0.25) is 0 Å². The van der Waals surface area contributed by atoms with Crippen molar-refractivity contribution in [3.8, 4) is 6.07 Å². The lowest BCUT2D eigenvalue weighted by Gasteiger charge is -2.06. The first kappa shape index (κ1) is 9.39. The lowest BCUT2D eigenvalue weighted by Crippen LogP contribution is -2.02. The third-order valence-electron chi connectivity index (χ3n) is 1.55. The van der Waals surface area contributed by atoms with Crippen LogP contribution in [0.5, 0.6) is 0 Å². The number of nitrogens with two attached hydrogens (primary N) is 1. The van der Waals surface area contributed by atoms with Gasteiger partial charge in [-0.25, -0.2) is 13.8 Å². The zero-order chi connectivity index (χ0) is 10.0. The average molecular weight is 183 g/mol. The Morgan fingerprint density at radius 1 is 1.62 bits per heavy atom. The van der Waals surface area contributed by atoms with Crippen molar-refractivity contribution in [3.63, 3.8) is 0 Å². The van der Waals surface area contributed by atoms with Crippen molar-refractivity contribution in [1.29, 1.82) is 5.26 Å². The Bertz CT molecular complexity index is 368. The molecule has 0 fully saturated rings. The first-order valence-electron chi connectivity index (χ1n) is 3.51. The fourth-order valence-electron chi connectivity index (χ4n) is 1.03. The molecule has 1 aromatic rings. The number of nitriles is 1. The minimum absolute atomic E-state index is 0.111. The molecule has 0 amide bonds. The van der Waals surface area contributed by atoms with Crippen molar-refractivity contribution in [3.05, 3.63) is 22.9 Å². The number of hydrogen-bond donors (Lipinski definition) is 1. The maximum Gasteiger partial charge on any atom is 0.268 e. The summed E-state index contributed by atoms with van der Waals surface area (Å²) < 4.78 is 24.7. The molecule has 0 aliphatic heterocycles. The van der Waals surface area contributed by atoms with E-state index >= 15 is 0 Å². The molecule has 1 aromatic heterocycles. The van der Waals surface area contributed by atoms with Crippen LogP contribution in [0.1, 0.15) is 23.2 Å². The van der Waals surface area contributed by atoms with Gasteiger partial charge in [0.25, 0.3) is 6.43 Å². The van der Waals surface area contributed by atoms with Gasteiger partial charge in [0.2, 0.25) is 0 Å². The molecule has 13 heavy (non-hydrogen) atoms. The van der Waals surface area contributed by atoms with Gasteiger partial charge in [0.05, 0.1) is 17.2 Å². The Balaban J connectivity index is 3.41.